The first-order chi connectivity index (χ1) is 3.93. The molecule has 1 unspecified atom stereocenters. The van der Waals surface area contributed by atoms with Crippen LogP contribution in [-0.4, -0.2) is 27.1 Å². The molecular weight excluding hydrogens is 167 g/mol. The average Bonchev–Trinajstić information content (AvgIpc) is 1.90. The summed E-state index contributed by atoms with van der Waals surface area (Å²) in [6, 6.07) is 0. The van der Waals surface area contributed by atoms with Crippen LogP contribution < -0.4 is 0 Å². The zero-order valence-electron chi connectivity index (χ0n) is 4.96. The van der Waals surface area contributed by atoms with Crippen molar-refractivity contribution in [1.29, 1.82) is 0 Å². The normalized spacial score (nSPS) is 28.4. The van der Waals surface area contributed by atoms with E-state index in [2.05, 4.69) is 12.2 Å². The van der Waals surface area contributed by atoms with Gasteiger partial charge in [0.2, 0.25) is 0 Å². The molecule has 2 heteroatoms. The first kappa shape index (κ1) is 6.34. The van der Waals surface area contributed by atoms with Gasteiger partial charge in [-0.3, -0.25) is 0 Å². The fourth-order valence-electron chi connectivity index (χ4n) is 0.671. The molecule has 0 fully saturated rings. The summed E-state index contributed by atoms with van der Waals surface area (Å²) in [6.45, 7) is 0. The van der Waals surface area contributed by atoms with Crippen LogP contribution in [0, 0.1) is 0 Å². The number of ether oxygens (including phenoxy) is 1. The topological polar surface area (TPSA) is 9.23 Å². The van der Waals surface area contributed by atoms with Crippen molar-refractivity contribution in [2.45, 2.75) is 16.7 Å². The predicted octanol–water partition coefficient (Wildman–Crippen LogP) is 1.04. The number of hydrogen-bond donors (Lipinski definition) is 0. The maximum atomic E-state index is 5.17. The van der Waals surface area contributed by atoms with Crippen molar-refractivity contribution < 1.29 is 4.74 Å². The van der Waals surface area contributed by atoms with Crippen LogP contribution in [-0.2, 0) is 4.74 Å². The van der Waals surface area contributed by atoms with E-state index in [1.165, 1.54) is 5.32 Å². The van der Waals surface area contributed by atoms with Crippen molar-refractivity contribution in [1.82, 2.24) is 0 Å². The third kappa shape index (κ3) is 1.62. The Kier molecular flexibility index (Phi) is 2.60. The molecule has 1 aliphatic heterocycles. The van der Waals surface area contributed by atoms with Gasteiger partial charge in [-0.1, -0.05) is 0 Å². The van der Waals surface area contributed by atoms with Crippen molar-refractivity contribution in [2.75, 3.05) is 7.11 Å². The van der Waals surface area contributed by atoms with Crippen molar-refractivity contribution >= 4 is 15.0 Å². The molecule has 0 amide bonds. The van der Waals surface area contributed by atoms with E-state index in [0.29, 0.717) is 20.0 Å². The molecular formula is C6H10OSe. The molecule has 0 aromatic carbocycles. The zero-order valence-corrected chi connectivity index (χ0v) is 6.68. The van der Waals surface area contributed by atoms with E-state index in [9.17, 15) is 0 Å². The van der Waals surface area contributed by atoms with Crippen LogP contribution in [0.4, 0.5) is 0 Å². The molecule has 0 aromatic heterocycles. The molecule has 0 bridgehead atoms. The van der Waals surface area contributed by atoms with Crippen LogP contribution in [0.1, 0.15) is 6.42 Å². The van der Waals surface area contributed by atoms with Crippen LogP contribution in [0.2, 0.25) is 5.32 Å². The zero-order chi connectivity index (χ0) is 5.82. The number of allylic oxidation sites excluding steroid dienone is 1. The molecule has 0 saturated carbocycles. The molecule has 0 spiro atoms. The standard InChI is InChI=1S/C6H10OSe/c1-7-6-4-2-3-5-8-6/h2-3,6H,4-5H2,1H3. The quantitative estimate of drug-likeness (QED) is 0.429. The van der Waals surface area contributed by atoms with Gasteiger partial charge in [0.25, 0.3) is 0 Å². The Morgan fingerprint density at radius 1 is 1.62 bits per heavy atom. The van der Waals surface area contributed by atoms with Gasteiger partial charge in [0.15, 0.2) is 0 Å². The van der Waals surface area contributed by atoms with Gasteiger partial charge in [0.05, 0.1) is 0 Å². The summed E-state index contributed by atoms with van der Waals surface area (Å²) < 4.78 is 5.17. The molecule has 0 N–H and O–H groups in total. The minimum absolute atomic E-state index is 0.562. The molecule has 46 valence electrons. The number of hydrogen-bond acceptors (Lipinski definition) is 1. The summed E-state index contributed by atoms with van der Waals surface area (Å²) in [5.41, 5.74) is 0. The van der Waals surface area contributed by atoms with Crippen molar-refractivity contribution in [2.24, 2.45) is 0 Å². The van der Waals surface area contributed by atoms with E-state index in [1.54, 1.807) is 7.11 Å². The van der Waals surface area contributed by atoms with Crippen LogP contribution >= 0.6 is 0 Å². The second-order valence-corrected chi connectivity index (χ2v) is 4.21. The van der Waals surface area contributed by atoms with Gasteiger partial charge in [-0.15, -0.1) is 0 Å². The summed E-state index contributed by atoms with van der Waals surface area (Å²) in [4.78, 5) is 0. The summed E-state index contributed by atoms with van der Waals surface area (Å²) in [7, 11) is 1.80. The maximum absolute atomic E-state index is 5.17. The van der Waals surface area contributed by atoms with Crippen LogP contribution in [0.25, 0.3) is 0 Å². The van der Waals surface area contributed by atoms with Crippen LogP contribution in [0.5, 0.6) is 0 Å². The molecule has 1 aliphatic rings. The Hall–Kier alpha value is 0.219. The second-order valence-electron chi connectivity index (χ2n) is 1.71. The average molecular weight is 177 g/mol. The fraction of sp³-hybridized carbons (Fsp3) is 0.667. The number of rotatable bonds is 1. The van der Waals surface area contributed by atoms with E-state index in [1.807, 2.05) is 0 Å². The Bertz CT molecular complexity index is 90.5. The Morgan fingerprint density at radius 2 is 2.50 bits per heavy atom. The van der Waals surface area contributed by atoms with Crippen LogP contribution in [0.15, 0.2) is 12.2 Å². The monoisotopic (exact) mass is 178 g/mol. The molecule has 1 rings (SSSR count). The van der Waals surface area contributed by atoms with Crippen molar-refractivity contribution in [3.63, 3.8) is 0 Å². The summed E-state index contributed by atoms with van der Waals surface area (Å²) in [5, 5.41) is 1.82. The van der Waals surface area contributed by atoms with Crippen LogP contribution in [0.3, 0.4) is 0 Å². The molecule has 1 nitrogen and oxygen atoms in total. The SMILES string of the molecule is COC1CC=CC[Se]1. The number of methoxy groups -OCH3 is 1. The summed E-state index contributed by atoms with van der Waals surface area (Å²) in [5.74, 6) is 0. The fourth-order valence-corrected chi connectivity index (χ4v) is 2.44. The second kappa shape index (κ2) is 3.29. The van der Waals surface area contributed by atoms with E-state index in [4.69, 9.17) is 4.74 Å². The van der Waals surface area contributed by atoms with E-state index < -0.39 is 0 Å². The third-order valence-electron chi connectivity index (χ3n) is 1.14. The molecule has 0 radical (unpaired) electrons. The predicted molar refractivity (Wildman–Crippen MR) is 35.1 cm³/mol. The van der Waals surface area contributed by atoms with E-state index in [-0.39, 0.29) is 0 Å². The van der Waals surface area contributed by atoms with Crippen molar-refractivity contribution in [3.05, 3.63) is 12.2 Å². The summed E-state index contributed by atoms with van der Waals surface area (Å²) in [6.07, 6.45) is 5.59. The van der Waals surface area contributed by atoms with Gasteiger partial charge in [0.1, 0.15) is 0 Å². The van der Waals surface area contributed by atoms with E-state index in [0.717, 1.165) is 6.42 Å². The van der Waals surface area contributed by atoms with Gasteiger partial charge in [0, 0.05) is 0 Å². The van der Waals surface area contributed by atoms with Gasteiger partial charge in [-0.05, 0) is 0 Å². The van der Waals surface area contributed by atoms with E-state index >= 15 is 0 Å². The molecule has 0 saturated heterocycles. The van der Waals surface area contributed by atoms with Crippen molar-refractivity contribution in [3.8, 4) is 0 Å². The molecule has 0 aliphatic carbocycles. The van der Waals surface area contributed by atoms with Gasteiger partial charge >= 0.3 is 55.7 Å². The minimum atomic E-state index is 0.562. The molecule has 0 aromatic rings. The van der Waals surface area contributed by atoms with Gasteiger partial charge in [-0.2, -0.15) is 0 Å². The first-order valence-corrected chi connectivity index (χ1v) is 4.93. The Labute approximate surface area is 56.3 Å². The summed E-state index contributed by atoms with van der Waals surface area (Å²) >= 11 is 0.712. The molecule has 8 heavy (non-hydrogen) atoms. The van der Waals surface area contributed by atoms with Gasteiger partial charge in [-0.25, -0.2) is 0 Å². The molecule has 1 atom stereocenters. The Balaban J connectivity index is 2.27. The van der Waals surface area contributed by atoms with Gasteiger partial charge < -0.3 is 0 Å². The third-order valence-corrected chi connectivity index (χ3v) is 3.53. The molecule has 1 heterocycles. The Morgan fingerprint density at radius 3 is 2.88 bits per heavy atom. The first-order valence-electron chi connectivity index (χ1n) is 2.73.